The Hall–Kier alpha value is -2.35. The van der Waals surface area contributed by atoms with Gasteiger partial charge in [-0.25, -0.2) is 4.98 Å². The van der Waals surface area contributed by atoms with Gasteiger partial charge in [0.05, 0.1) is 23.1 Å². The highest BCUT2D eigenvalue weighted by molar-refractivity contribution is 7.98. The number of nitrogens with one attached hydrogen (secondary N) is 1. The largest absolute Gasteiger partial charge is 0.481 e. The predicted octanol–water partition coefficient (Wildman–Crippen LogP) is 2.70. The number of thioether (sulfide) groups is 1. The molecule has 1 aromatic carbocycles. The molecule has 29 heavy (non-hydrogen) atoms. The van der Waals surface area contributed by atoms with E-state index in [-0.39, 0.29) is 23.3 Å². The van der Waals surface area contributed by atoms with E-state index in [0.29, 0.717) is 36.7 Å². The number of fused-ring (bicyclic) bond motifs is 1. The van der Waals surface area contributed by atoms with Crippen LogP contribution in [0.1, 0.15) is 38.1 Å². The molecule has 1 atom stereocenters. The van der Waals surface area contributed by atoms with Crippen LogP contribution in [-0.4, -0.2) is 45.1 Å². The molecule has 1 amide bonds. The summed E-state index contributed by atoms with van der Waals surface area (Å²) in [6, 6.07) is 6.52. The summed E-state index contributed by atoms with van der Waals surface area (Å²) in [7, 11) is 0. The summed E-state index contributed by atoms with van der Waals surface area (Å²) in [4.78, 5) is 41.3. The van der Waals surface area contributed by atoms with Gasteiger partial charge >= 0.3 is 5.97 Å². The SMILES string of the molecule is CSCCC(C(=O)NCC1CCC(C(=O)O)CC1)n1cnc2ccccc2c1=O. The molecule has 1 aliphatic carbocycles. The van der Waals surface area contributed by atoms with Crippen LogP contribution in [0.5, 0.6) is 0 Å². The minimum absolute atomic E-state index is 0.182. The van der Waals surface area contributed by atoms with Crippen LogP contribution in [0.2, 0.25) is 0 Å². The second-order valence-corrected chi connectivity index (χ2v) is 8.56. The molecular formula is C21H27N3O4S. The molecule has 2 aromatic rings. The van der Waals surface area contributed by atoms with Gasteiger partial charge in [-0.05, 0) is 62.2 Å². The van der Waals surface area contributed by atoms with Gasteiger partial charge in [0.25, 0.3) is 5.56 Å². The molecule has 0 saturated heterocycles. The Morgan fingerprint density at radius 2 is 2.00 bits per heavy atom. The first-order chi connectivity index (χ1) is 14.0. The van der Waals surface area contributed by atoms with E-state index in [2.05, 4.69) is 10.3 Å². The third kappa shape index (κ3) is 5.18. The minimum Gasteiger partial charge on any atom is -0.481 e. The number of aromatic nitrogens is 2. The monoisotopic (exact) mass is 417 g/mol. The lowest BCUT2D eigenvalue weighted by Gasteiger charge is -2.27. The van der Waals surface area contributed by atoms with E-state index in [0.717, 1.165) is 18.6 Å². The number of rotatable bonds is 8. The van der Waals surface area contributed by atoms with Crippen LogP contribution in [0.3, 0.4) is 0 Å². The zero-order chi connectivity index (χ0) is 20.8. The van der Waals surface area contributed by atoms with Crippen LogP contribution >= 0.6 is 11.8 Å². The summed E-state index contributed by atoms with van der Waals surface area (Å²) in [6.45, 7) is 0.511. The summed E-state index contributed by atoms with van der Waals surface area (Å²) in [5.74, 6) is -0.145. The zero-order valence-corrected chi connectivity index (χ0v) is 17.4. The van der Waals surface area contributed by atoms with E-state index in [1.54, 1.807) is 30.0 Å². The van der Waals surface area contributed by atoms with Crippen molar-refractivity contribution in [3.8, 4) is 0 Å². The fourth-order valence-electron chi connectivity index (χ4n) is 3.91. The van der Waals surface area contributed by atoms with Crippen LogP contribution in [0.4, 0.5) is 0 Å². The van der Waals surface area contributed by atoms with Crippen molar-refractivity contribution in [3.63, 3.8) is 0 Å². The molecule has 0 bridgehead atoms. The number of carboxylic acids is 1. The van der Waals surface area contributed by atoms with E-state index in [4.69, 9.17) is 5.11 Å². The first-order valence-electron chi connectivity index (χ1n) is 9.96. The third-order valence-corrected chi connectivity index (χ3v) is 6.33. The number of para-hydroxylation sites is 1. The Kier molecular flexibility index (Phi) is 7.30. The quantitative estimate of drug-likeness (QED) is 0.685. The molecule has 0 aliphatic heterocycles. The van der Waals surface area contributed by atoms with E-state index in [9.17, 15) is 14.4 Å². The maximum absolute atomic E-state index is 13.0. The number of carbonyl (C=O) groups excluding carboxylic acids is 1. The Morgan fingerprint density at radius 1 is 1.28 bits per heavy atom. The van der Waals surface area contributed by atoms with E-state index in [1.807, 2.05) is 12.3 Å². The number of carboxylic acid groups (broad SMARTS) is 1. The van der Waals surface area contributed by atoms with Crippen molar-refractivity contribution in [2.24, 2.45) is 11.8 Å². The molecule has 1 aromatic heterocycles. The summed E-state index contributed by atoms with van der Waals surface area (Å²) in [5.41, 5.74) is 0.409. The Bertz CT molecular complexity index is 922. The first kappa shape index (κ1) is 21.4. The molecule has 1 fully saturated rings. The van der Waals surface area contributed by atoms with Crippen molar-refractivity contribution in [2.75, 3.05) is 18.6 Å². The van der Waals surface area contributed by atoms with Crippen LogP contribution in [-0.2, 0) is 9.59 Å². The minimum atomic E-state index is -0.729. The zero-order valence-electron chi connectivity index (χ0n) is 16.5. The summed E-state index contributed by atoms with van der Waals surface area (Å²) >= 11 is 1.63. The maximum atomic E-state index is 13.0. The Balaban J connectivity index is 1.70. The number of hydrogen-bond acceptors (Lipinski definition) is 5. The van der Waals surface area contributed by atoms with Gasteiger partial charge in [0.2, 0.25) is 5.91 Å². The van der Waals surface area contributed by atoms with Gasteiger partial charge in [0, 0.05) is 6.54 Å². The lowest BCUT2D eigenvalue weighted by atomic mass is 9.82. The highest BCUT2D eigenvalue weighted by Gasteiger charge is 2.27. The summed E-state index contributed by atoms with van der Waals surface area (Å²) < 4.78 is 1.44. The number of nitrogens with zero attached hydrogens (tertiary/aromatic N) is 2. The van der Waals surface area contributed by atoms with Crippen LogP contribution in [0.15, 0.2) is 35.4 Å². The van der Waals surface area contributed by atoms with Crippen molar-refractivity contribution in [1.29, 1.82) is 0 Å². The smallest absolute Gasteiger partial charge is 0.306 e. The van der Waals surface area contributed by atoms with Crippen LogP contribution in [0, 0.1) is 11.8 Å². The summed E-state index contributed by atoms with van der Waals surface area (Å²) in [6.07, 6.45) is 6.87. The number of aliphatic carboxylic acids is 1. The fraction of sp³-hybridized carbons (Fsp3) is 0.524. The summed E-state index contributed by atoms with van der Waals surface area (Å²) in [5, 5.41) is 12.6. The average molecular weight is 418 g/mol. The highest BCUT2D eigenvalue weighted by Crippen LogP contribution is 2.28. The Labute approximate surface area is 173 Å². The van der Waals surface area contributed by atoms with Crippen LogP contribution in [0.25, 0.3) is 10.9 Å². The molecule has 1 saturated carbocycles. The molecule has 1 heterocycles. The van der Waals surface area contributed by atoms with Crippen molar-refractivity contribution in [2.45, 2.75) is 38.1 Å². The molecule has 8 heteroatoms. The molecule has 1 unspecified atom stereocenters. The van der Waals surface area contributed by atoms with Gasteiger partial charge in [-0.3, -0.25) is 19.0 Å². The van der Waals surface area contributed by atoms with Gasteiger partial charge in [0.1, 0.15) is 6.04 Å². The topological polar surface area (TPSA) is 101 Å². The van der Waals surface area contributed by atoms with Gasteiger partial charge in [-0.2, -0.15) is 11.8 Å². The second-order valence-electron chi connectivity index (χ2n) is 7.57. The molecular weight excluding hydrogens is 390 g/mol. The van der Waals surface area contributed by atoms with E-state index >= 15 is 0 Å². The molecule has 0 spiro atoms. The number of benzene rings is 1. The average Bonchev–Trinajstić information content (AvgIpc) is 2.74. The Morgan fingerprint density at radius 3 is 2.69 bits per heavy atom. The van der Waals surface area contributed by atoms with E-state index < -0.39 is 12.0 Å². The highest BCUT2D eigenvalue weighted by atomic mass is 32.2. The molecule has 1 aliphatic rings. The molecule has 0 radical (unpaired) electrons. The van der Waals surface area contributed by atoms with Crippen molar-refractivity contribution in [3.05, 3.63) is 40.9 Å². The maximum Gasteiger partial charge on any atom is 0.306 e. The predicted molar refractivity (Wildman–Crippen MR) is 114 cm³/mol. The van der Waals surface area contributed by atoms with Gasteiger partial charge < -0.3 is 10.4 Å². The molecule has 3 rings (SSSR count). The van der Waals surface area contributed by atoms with Crippen LogP contribution < -0.4 is 10.9 Å². The molecule has 2 N–H and O–H groups in total. The lowest BCUT2D eigenvalue weighted by molar-refractivity contribution is -0.143. The van der Waals surface area contributed by atoms with Gasteiger partial charge in [-0.15, -0.1) is 0 Å². The van der Waals surface area contributed by atoms with Gasteiger partial charge in [0.15, 0.2) is 0 Å². The normalized spacial score (nSPS) is 20.3. The third-order valence-electron chi connectivity index (χ3n) is 5.68. The molecule has 7 nitrogen and oxygen atoms in total. The molecule has 156 valence electrons. The van der Waals surface area contributed by atoms with Crippen molar-refractivity contribution in [1.82, 2.24) is 14.9 Å². The van der Waals surface area contributed by atoms with E-state index in [1.165, 1.54) is 10.9 Å². The van der Waals surface area contributed by atoms with Gasteiger partial charge in [-0.1, -0.05) is 12.1 Å². The lowest BCUT2D eigenvalue weighted by Crippen LogP contribution is -2.40. The second kappa shape index (κ2) is 9.91. The number of hydrogen-bond donors (Lipinski definition) is 2. The first-order valence-corrected chi connectivity index (χ1v) is 11.4. The van der Waals surface area contributed by atoms with Crippen molar-refractivity contribution >= 4 is 34.5 Å². The van der Waals surface area contributed by atoms with Crippen molar-refractivity contribution < 1.29 is 14.7 Å². The standard InChI is InChI=1S/C21H27N3O4S/c1-29-11-10-18(24-13-23-17-5-3-2-4-16(17)20(24)26)19(25)22-12-14-6-8-15(9-7-14)21(27)28/h2-5,13-15,18H,6-12H2,1H3,(H,22,25)(H,27,28). The number of amides is 1. The number of carbonyl (C=O) groups is 2. The fourth-order valence-corrected chi connectivity index (χ4v) is 4.37.